The van der Waals surface area contributed by atoms with Gasteiger partial charge < -0.3 is 15.8 Å². The van der Waals surface area contributed by atoms with Crippen LogP contribution in [0.3, 0.4) is 0 Å². The zero-order chi connectivity index (χ0) is 9.14. The minimum absolute atomic E-state index is 0.194. The largest absolute Gasteiger partial charge is 0.387 e. The summed E-state index contributed by atoms with van der Waals surface area (Å²) in [5, 5.41) is 9.70. The van der Waals surface area contributed by atoms with Crippen LogP contribution in [-0.4, -0.2) is 16.1 Å². The van der Waals surface area contributed by atoms with Gasteiger partial charge in [0.1, 0.15) is 0 Å². The van der Waals surface area contributed by atoms with Gasteiger partial charge in [0.2, 0.25) is 0 Å². The number of aromatic nitrogens is 1. The summed E-state index contributed by atoms with van der Waals surface area (Å²) >= 11 is 0. The maximum atomic E-state index is 9.70. The molecule has 1 aromatic heterocycles. The van der Waals surface area contributed by atoms with E-state index in [1.54, 1.807) is 12.4 Å². The zero-order valence-electron chi connectivity index (χ0n) is 7.49. The lowest BCUT2D eigenvalue weighted by Gasteiger charge is -2.21. The summed E-state index contributed by atoms with van der Waals surface area (Å²) in [5.74, 6) is 0.287. The molecule has 0 aromatic carbocycles. The Balaban J connectivity index is 2.65. The molecule has 0 amide bonds. The van der Waals surface area contributed by atoms with Crippen LogP contribution in [0.25, 0.3) is 0 Å². The van der Waals surface area contributed by atoms with Crippen LogP contribution in [0.1, 0.15) is 25.5 Å². The van der Waals surface area contributed by atoms with Crippen molar-refractivity contribution in [3.8, 4) is 0 Å². The molecule has 68 valence electrons. The summed E-state index contributed by atoms with van der Waals surface area (Å²) in [7, 11) is 0. The fraction of sp³-hybridized carbons (Fsp3) is 0.556. The molecule has 4 N–H and O–H groups in total. The lowest BCUT2D eigenvalue weighted by atomic mass is 9.96. The van der Waals surface area contributed by atoms with Gasteiger partial charge in [0.15, 0.2) is 0 Å². The molecule has 1 rings (SSSR count). The normalized spacial score (nSPS) is 16.4. The first-order valence-corrected chi connectivity index (χ1v) is 4.19. The summed E-state index contributed by atoms with van der Waals surface area (Å²) in [4.78, 5) is 2.89. The Bertz CT molecular complexity index is 218. The number of aliphatic hydroxyl groups excluding tert-OH is 1. The van der Waals surface area contributed by atoms with Gasteiger partial charge in [0, 0.05) is 18.4 Å². The van der Waals surface area contributed by atoms with E-state index in [4.69, 9.17) is 5.73 Å². The van der Waals surface area contributed by atoms with Crippen LogP contribution in [-0.2, 0) is 0 Å². The summed E-state index contributed by atoms with van der Waals surface area (Å²) in [6.07, 6.45) is 3.00. The molecule has 0 aliphatic heterocycles. The van der Waals surface area contributed by atoms with Crippen molar-refractivity contribution < 1.29 is 5.11 Å². The van der Waals surface area contributed by atoms with E-state index in [-0.39, 0.29) is 12.0 Å². The molecule has 0 spiro atoms. The van der Waals surface area contributed by atoms with E-state index in [1.807, 2.05) is 19.9 Å². The van der Waals surface area contributed by atoms with Crippen molar-refractivity contribution in [1.82, 2.24) is 4.98 Å². The lowest BCUT2D eigenvalue weighted by molar-refractivity contribution is 0.126. The van der Waals surface area contributed by atoms with Crippen molar-refractivity contribution >= 4 is 0 Å². The first-order valence-electron chi connectivity index (χ1n) is 4.19. The lowest BCUT2D eigenvalue weighted by Crippen LogP contribution is -2.33. The fourth-order valence-corrected chi connectivity index (χ4v) is 1.11. The Kier molecular flexibility index (Phi) is 2.89. The Morgan fingerprint density at radius 1 is 1.50 bits per heavy atom. The van der Waals surface area contributed by atoms with E-state index in [0.29, 0.717) is 0 Å². The molecular weight excluding hydrogens is 152 g/mol. The van der Waals surface area contributed by atoms with E-state index in [9.17, 15) is 5.11 Å². The number of rotatable bonds is 3. The molecule has 1 heterocycles. The molecule has 0 radical (unpaired) electrons. The van der Waals surface area contributed by atoms with Crippen molar-refractivity contribution in [2.45, 2.75) is 26.0 Å². The third-order valence-corrected chi connectivity index (χ3v) is 2.10. The van der Waals surface area contributed by atoms with Crippen LogP contribution in [0.15, 0.2) is 18.5 Å². The Labute approximate surface area is 72.6 Å². The highest BCUT2D eigenvalue weighted by atomic mass is 16.3. The Morgan fingerprint density at radius 2 is 2.17 bits per heavy atom. The average molecular weight is 168 g/mol. The monoisotopic (exact) mass is 168 g/mol. The van der Waals surface area contributed by atoms with Gasteiger partial charge in [0.05, 0.1) is 6.10 Å². The molecule has 0 aliphatic carbocycles. The first-order chi connectivity index (χ1) is 5.63. The second-order valence-electron chi connectivity index (χ2n) is 3.41. The summed E-state index contributed by atoms with van der Waals surface area (Å²) in [6.45, 7) is 4.00. The van der Waals surface area contributed by atoms with Gasteiger partial charge in [0.25, 0.3) is 0 Å². The summed E-state index contributed by atoms with van der Waals surface area (Å²) in [6, 6.07) is 1.65. The average Bonchev–Trinajstić information content (AvgIpc) is 2.53. The SMILES string of the molecule is CC(C)C(N)C(O)c1cc[nH]c1. The van der Waals surface area contributed by atoms with Crippen LogP contribution in [0.5, 0.6) is 0 Å². The van der Waals surface area contributed by atoms with Crippen molar-refractivity contribution in [2.75, 3.05) is 0 Å². The van der Waals surface area contributed by atoms with Gasteiger partial charge in [-0.2, -0.15) is 0 Å². The van der Waals surface area contributed by atoms with E-state index in [0.717, 1.165) is 5.56 Å². The molecule has 12 heavy (non-hydrogen) atoms. The Morgan fingerprint density at radius 3 is 2.58 bits per heavy atom. The minimum atomic E-state index is -0.559. The van der Waals surface area contributed by atoms with E-state index in [2.05, 4.69) is 4.98 Å². The maximum absolute atomic E-state index is 9.70. The highest BCUT2D eigenvalue weighted by molar-refractivity contribution is 5.13. The molecule has 0 saturated carbocycles. The van der Waals surface area contributed by atoms with Gasteiger partial charge in [-0.1, -0.05) is 13.8 Å². The van der Waals surface area contributed by atoms with E-state index < -0.39 is 6.10 Å². The molecule has 1 aromatic rings. The van der Waals surface area contributed by atoms with Crippen molar-refractivity contribution in [1.29, 1.82) is 0 Å². The highest BCUT2D eigenvalue weighted by Crippen LogP contribution is 2.19. The minimum Gasteiger partial charge on any atom is -0.387 e. The van der Waals surface area contributed by atoms with Crippen LogP contribution in [0.2, 0.25) is 0 Å². The second-order valence-corrected chi connectivity index (χ2v) is 3.41. The Hall–Kier alpha value is -0.800. The third kappa shape index (κ3) is 1.87. The van der Waals surface area contributed by atoms with Crippen LogP contribution >= 0.6 is 0 Å². The molecular formula is C9H16N2O. The molecule has 2 unspecified atom stereocenters. The molecule has 2 atom stereocenters. The first kappa shape index (κ1) is 9.29. The maximum Gasteiger partial charge on any atom is 0.0957 e. The van der Waals surface area contributed by atoms with Crippen molar-refractivity contribution in [3.05, 3.63) is 24.0 Å². The van der Waals surface area contributed by atoms with Gasteiger partial charge >= 0.3 is 0 Å². The van der Waals surface area contributed by atoms with Gasteiger partial charge in [-0.05, 0) is 17.5 Å². The van der Waals surface area contributed by atoms with Gasteiger partial charge in [-0.3, -0.25) is 0 Å². The quantitative estimate of drug-likeness (QED) is 0.631. The number of aliphatic hydroxyl groups is 1. The fourth-order valence-electron chi connectivity index (χ4n) is 1.11. The molecule has 0 saturated heterocycles. The summed E-state index contributed by atoms with van der Waals surface area (Å²) < 4.78 is 0. The van der Waals surface area contributed by atoms with E-state index >= 15 is 0 Å². The summed E-state index contributed by atoms with van der Waals surface area (Å²) in [5.41, 5.74) is 6.64. The van der Waals surface area contributed by atoms with Gasteiger partial charge in [-0.25, -0.2) is 0 Å². The van der Waals surface area contributed by atoms with E-state index in [1.165, 1.54) is 0 Å². The van der Waals surface area contributed by atoms with Crippen LogP contribution < -0.4 is 5.73 Å². The standard InChI is InChI=1S/C9H16N2O/c1-6(2)8(10)9(12)7-3-4-11-5-7/h3-6,8-9,11-12H,10H2,1-2H3. The van der Waals surface area contributed by atoms with Crippen LogP contribution in [0.4, 0.5) is 0 Å². The predicted octanol–water partition coefficient (Wildman–Crippen LogP) is 1.03. The molecule has 3 nitrogen and oxygen atoms in total. The smallest absolute Gasteiger partial charge is 0.0957 e. The molecule has 0 aliphatic rings. The third-order valence-electron chi connectivity index (χ3n) is 2.10. The number of hydrogen-bond acceptors (Lipinski definition) is 2. The zero-order valence-corrected chi connectivity index (χ0v) is 7.49. The van der Waals surface area contributed by atoms with Gasteiger partial charge in [-0.15, -0.1) is 0 Å². The highest BCUT2D eigenvalue weighted by Gasteiger charge is 2.19. The van der Waals surface area contributed by atoms with Crippen molar-refractivity contribution in [3.63, 3.8) is 0 Å². The van der Waals surface area contributed by atoms with Crippen molar-refractivity contribution in [2.24, 2.45) is 11.7 Å². The number of hydrogen-bond donors (Lipinski definition) is 3. The predicted molar refractivity (Wildman–Crippen MR) is 48.6 cm³/mol. The molecule has 0 fully saturated rings. The number of nitrogens with one attached hydrogen (secondary N) is 1. The molecule has 0 bridgehead atoms. The number of nitrogens with two attached hydrogens (primary N) is 1. The molecule has 3 heteroatoms. The number of aromatic amines is 1. The number of H-pyrrole nitrogens is 1. The van der Waals surface area contributed by atoms with Crippen LogP contribution in [0, 0.1) is 5.92 Å². The second kappa shape index (κ2) is 3.74. The topological polar surface area (TPSA) is 62.0 Å².